The molecule has 0 bridgehead atoms. The number of carbonyl (C=O) groups is 3. The van der Waals surface area contributed by atoms with E-state index in [4.69, 9.17) is 5.73 Å². The Morgan fingerprint density at radius 1 is 1.15 bits per heavy atom. The number of carbonyl (C=O) groups excluding carboxylic acids is 3. The van der Waals surface area contributed by atoms with E-state index in [0.717, 1.165) is 0 Å². The van der Waals surface area contributed by atoms with Gasteiger partial charge >= 0.3 is 0 Å². The highest BCUT2D eigenvalue weighted by Crippen LogP contribution is 2.27. The van der Waals surface area contributed by atoms with Gasteiger partial charge in [-0.25, -0.2) is 4.68 Å². The van der Waals surface area contributed by atoms with E-state index < -0.39 is 34.7 Å². The minimum absolute atomic E-state index is 0.0301. The van der Waals surface area contributed by atoms with Crippen LogP contribution in [-0.4, -0.2) is 43.7 Å². The molecule has 12 nitrogen and oxygen atoms in total. The maximum absolute atomic E-state index is 12.8. The number of nitrogens with zero attached hydrogens (tertiary/aromatic N) is 4. The fourth-order valence-electron chi connectivity index (χ4n) is 3.06. The van der Waals surface area contributed by atoms with Crippen molar-refractivity contribution >= 4 is 23.4 Å². The molecule has 0 aliphatic heterocycles. The van der Waals surface area contributed by atoms with Crippen LogP contribution < -0.4 is 16.4 Å². The number of nitrogens with one attached hydrogen (secondary N) is 2. The monoisotopic (exact) mass is 459 g/mol. The lowest BCUT2D eigenvalue weighted by molar-refractivity contribution is -0.385. The van der Waals surface area contributed by atoms with Gasteiger partial charge in [0.15, 0.2) is 0 Å². The fraction of sp³-hybridized carbons (Fsp3) is 0.476. The normalized spacial score (nSPS) is 12.9. The van der Waals surface area contributed by atoms with E-state index in [-0.39, 0.29) is 36.0 Å². The van der Waals surface area contributed by atoms with Gasteiger partial charge in [-0.3, -0.25) is 24.5 Å². The Morgan fingerprint density at radius 3 is 2.36 bits per heavy atom. The first-order chi connectivity index (χ1) is 15.5. The molecule has 0 fully saturated rings. The van der Waals surface area contributed by atoms with Crippen LogP contribution in [-0.2, 0) is 20.8 Å². The van der Waals surface area contributed by atoms with Gasteiger partial charge in [0, 0.05) is 30.6 Å². The zero-order valence-corrected chi connectivity index (χ0v) is 19.0. The predicted octanol–water partition coefficient (Wildman–Crippen LogP) is 1.18. The second-order valence-corrected chi connectivity index (χ2v) is 8.25. The van der Waals surface area contributed by atoms with Crippen molar-refractivity contribution in [2.24, 2.45) is 11.7 Å². The molecule has 33 heavy (non-hydrogen) atoms. The summed E-state index contributed by atoms with van der Waals surface area (Å²) in [5, 5.41) is 24.6. The number of para-hydroxylation sites is 1. The van der Waals surface area contributed by atoms with E-state index in [1.807, 2.05) is 13.8 Å². The Hall–Kier alpha value is -3.83. The van der Waals surface area contributed by atoms with Crippen LogP contribution in [0.3, 0.4) is 0 Å². The van der Waals surface area contributed by atoms with Crippen LogP contribution in [0.15, 0.2) is 30.5 Å². The van der Waals surface area contributed by atoms with Crippen molar-refractivity contribution in [3.63, 3.8) is 0 Å². The molecule has 0 spiro atoms. The molecule has 3 amide bonds. The number of benzene rings is 1. The second-order valence-electron chi connectivity index (χ2n) is 8.25. The van der Waals surface area contributed by atoms with Crippen LogP contribution in [0, 0.1) is 16.0 Å². The lowest BCUT2D eigenvalue weighted by Crippen LogP contribution is -2.47. The van der Waals surface area contributed by atoms with Gasteiger partial charge in [-0.15, -0.1) is 5.10 Å². The second kappa shape index (κ2) is 11.2. The van der Waals surface area contributed by atoms with E-state index in [1.54, 1.807) is 30.8 Å². The average Bonchev–Trinajstić information content (AvgIpc) is 3.21. The molecule has 0 saturated heterocycles. The molecule has 1 aromatic carbocycles. The molecule has 12 heteroatoms. The highest BCUT2D eigenvalue weighted by atomic mass is 16.6. The van der Waals surface area contributed by atoms with Crippen LogP contribution in [0.1, 0.15) is 57.5 Å². The quantitative estimate of drug-likeness (QED) is 0.334. The summed E-state index contributed by atoms with van der Waals surface area (Å²) in [6.45, 7) is 7.17. The molecule has 2 unspecified atom stereocenters. The first-order valence-electron chi connectivity index (χ1n) is 10.5. The Balaban J connectivity index is 2.21. The summed E-state index contributed by atoms with van der Waals surface area (Å²) in [4.78, 5) is 47.9. The highest BCUT2D eigenvalue weighted by Gasteiger charge is 2.28. The summed E-state index contributed by atoms with van der Waals surface area (Å²) in [7, 11) is 0. The summed E-state index contributed by atoms with van der Waals surface area (Å²) < 4.78 is 1.61. The van der Waals surface area contributed by atoms with Crippen molar-refractivity contribution in [2.75, 3.05) is 0 Å². The predicted molar refractivity (Wildman–Crippen MR) is 119 cm³/mol. The van der Waals surface area contributed by atoms with Crippen LogP contribution in [0.4, 0.5) is 5.69 Å². The first-order valence-corrected chi connectivity index (χ1v) is 10.5. The van der Waals surface area contributed by atoms with Crippen molar-refractivity contribution in [3.05, 3.63) is 51.8 Å². The van der Waals surface area contributed by atoms with Crippen molar-refractivity contribution in [1.29, 1.82) is 0 Å². The first kappa shape index (κ1) is 25.4. The van der Waals surface area contributed by atoms with Crippen LogP contribution in [0.5, 0.6) is 0 Å². The third kappa shape index (κ3) is 7.09. The number of nitro benzene ring substituents is 1. The van der Waals surface area contributed by atoms with Crippen LogP contribution >= 0.6 is 0 Å². The number of hydrogen-bond donors (Lipinski definition) is 3. The molecule has 0 radical (unpaired) electrons. The minimum Gasteiger partial charge on any atom is -0.368 e. The fourth-order valence-corrected chi connectivity index (χ4v) is 3.06. The van der Waals surface area contributed by atoms with Gasteiger partial charge in [-0.05, 0) is 13.8 Å². The van der Waals surface area contributed by atoms with E-state index in [9.17, 15) is 24.5 Å². The number of aromatic nitrogens is 3. The topological polar surface area (TPSA) is 175 Å². The molecule has 0 saturated carbocycles. The Morgan fingerprint density at radius 2 is 1.82 bits per heavy atom. The van der Waals surface area contributed by atoms with E-state index in [0.29, 0.717) is 5.69 Å². The molecule has 1 aromatic heterocycles. The SMILES string of the molecule is CC(C)C(=O)NC(CC(=O)NC(Cc1cn(C(C)C)nn1)C(N)=O)c1ccccc1[N+](=O)[O-]. The Kier molecular flexibility index (Phi) is 8.60. The number of hydrogen-bond acceptors (Lipinski definition) is 7. The molecule has 4 N–H and O–H groups in total. The van der Waals surface area contributed by atoms with Crippen LogP contribution in [0.2, 0.25) is 0 Å². The highest BCUT2D eigenvalue weighted by molar-refractivity contribution is 5.87. The number of rotatable bonds is 11. The van der Waals surface area contributed by atoms with Gasteiger partial charge in [0.25, 0.3) is 5.69 Å². The third-order valence-corrected chi connectivity index (χ3v) is 4.92. The smallest absolute Gasteiger partial charge is 0.274 e. The molecule has 0 aliphatic rings. The molecule has 2 rings (SSSR count). The van der Waals surface area contributed by atoms with Gasteiger partial charge in [0.1, 0.15) is 6.04 Å². The maximum atomic E-state index is 12.8. The largest absolute Gasteiger partial charge is 0.368 e. The van der Waals surface area contributed by atoms with Crippen molar-refractivity contribution in [3.8, 4) is 0 Å². The van der Waals surface area contributed by atoms with Crippen molar-refractivity contribution in [1.82, 2.24) is 25.6 Å². The van der Waals surface area contributed by atoms with Gasteiger partial charge < -0.3 is 16.4 Å². The van der Waals surface area contributed by atoms with Crippen LogP contribution in [0.25, 0.3) is 0 Å². The van der Waals surface area contributed by atoms with Crippen molar-refractivity contribution < 1.29 is 19.3 Å². The number of primary amides is 1. The van der Waals surface area contributed by atoms with E-state index in [2.05, 4.69) is 20.9 Å². The Bertz CT molecular complexity index is 1020. The molecule has 2 atom stereocenters. The third-order valence-electron chi connectivity index (χ3n) is 4.92. The average molecular weight is 460 g/mol. The summed E-state index contributed by atoms with van der Waals surface area (Å²) in [6, 6.07) is 3.88. The number of nitrogens with two attached hydrogens (primary N) is 1. The molecule has 1 heterocycles. The summed E-state index contributed by atoms with van der Waals surface area (Å²) in [5.74, 6) is -2.15. The zero-order chi connectivity index (χ0) is 24.7. The molecule has 2 aromatic rings. The molecular weight excluding hydrogens is 430 g/mol. The lowest BCUT2D eigenvalue weighted by atomic mass is 9.99. The van der Waals surface area contributed by atoms with Gasteiger partial charge in [0.2, 0.25) is 17.7 Å². The lowest BCUT2D eigenvalue weighted by Gasteiger charge is -2.21. The summed E-state index contributed by atoms with van der Waals surface area (Å²) >= 11 is 0. The Labute approximate surface area is 191 Å². The van der Waals surface area contributed by atoms with Crippen molar-refractivity contribution in [2.45, 2.75) is 58.7 Å². The standard InChI is InChI=1S/C21H29N7O5/c1-12(2)21(31)24-16(15-7-5-6-8-18(15)28(32)33)10-19(29)23-17(20(22)30)9-14-11-27(13(3)4)26-25-14/h5-8,11-13,16-17H,9-10H2,1-4H3,(H2,22,30)(H,23,29)(H,24,31). The number of nitro groups is 1. The molecule has 0 aliphatic carbocycles. The molecule has 178 valence electrons. The van der Waals surface area contributed by atoms with E-state index in [1.165, 1.54) is 18.2 Å². The maximum Gasteiger partial charge on any atom is 0.274 e. The zero-order valence-electron chi connectivity index (χ0n) is 19.0. The van der Waals surface area contributed by atoms with Gasteiger partial charge in [-0.2, -0.15) is 0 Å². The summed E-state index contributed by atoms with van der Waals surface area (Å²) in [6.07, 6.45) is 1.36. The number of amides is 3. The minimum atomic E-state index is -1.07. The van der Waals surface area contributed by atoms with E-state index >= 15 is 0 Å². The van der Waals surface area contributed by atoms with Gasteiger partial charge in [0.05, 0.1) is 28.6 Å². The summed E-state index contributed by atoms with van der Waals surface area (Å²) in [5.41, 5.74) is 5.88. The van der Waals surface area contributed by atoms with Gasteiger partial charge in [-0.1, -0.05) is 37.3 Å². The molecular formula is C21H29N7O5.